The Labute approximate surface area is 175 Å². The summed E-state index contributed by atoms with van der Waals surface area (Å²) in [5.41, 5.74) is 1.39. The first-order valence-electron chi connectivity index (χ1n) is 9.54. The lowest BCUT2D eigenvalue weighted by Crippen LogP contribution is -2.36. The van der Waals surface area contributed by atoms with Crippen LogP contribution in [0.3, 0.4) is 0 Å². The van der Waals surface area contributed by atoms with E-state index in [1.165, 1.54) is 6.07 Å². The minimum absolute atomic E-state index is 0.0970. The van der Waals surface area contributed by atoms with E-state index in [9.17, 15) is 18.0 Å². The molecule has 1 atom stereocenters. The van der Waals surface area contributed by atoms with E-state index in [0.717, 1.165) is 5.56 Å². The molecule has 158 valence electrons. The summed E-state index contributed by atoms with van der Waals surface area (Å²) in [6.45, 7) is 1.81. The summed E-state index contributed by atoms with van der Waals surface area (Å²) in [5.74, 6) is -1.21. The van der Waals surface area contributed by atoms with Gasteiger partial charge in [0.2, 0.25) is 5.91 Å². The van der Waals surface area contributed by atoms with Crippen molar-refractivity contribution in [1.82, 2.24) is 10.0 Å². The van der Waals surface area contributed by atoms with E-state index in [0.29, 0.717) is 12.0 Å². The van der Waals surface area contributed by atoms with Crippen molar-refractivity contribution in [2.45, 2.75) is 18.2 Å². The molecule has 0 saturated heterocycles. The number of carbonyl (C=O) groups excluding carboxylic acids is 2. The molecule has 1 aliphatic rings. The van der Waals surface area contributed by atoms with E-state index < -0.39 is 21.8 Å². The van der Waals surface area contributed by atoms with Crippen LogP contribution in [0.1, 0.15) is 18.1 Å². The van der Waals surface area contributed by atoms with Gasteiger partial charge < -0.3 is 10.1 Å². The van der Waals surface area contributed by atoms with Crippen LogP contribution in [-0.4, -0.2) is 45.8 Å². The molecule has 2 aromatic rings. The third-order valence-electron chi connectivity index (χ3n) is 4.53. The number of sulfonamides is 1. The van der Waals surface area contributed by atoms with Crippen LogP contribution in [0, 0.1) is 5.92 Å². The third kappa shape index (κ3) is 5.24. The first-order chi connectivity index (χ1) is 14.4. The number of benzene rings is 2. The van der Waals surface area contributed by atoms with Gasteiger partial charge in [0.05, 0.1) is 17.4 Å². The van der Waals surface area contributed by atoms with Crippen LogP contribution in [0.15, 0.2) is 64.5 Å². The summed E-state index contributed by atoms with van der Waals surface area (Å²) in [7, 11) is -3.65. The maximum absolute atomic E-state index is 12.3. The van der Waals surface area contributed by atoms with Crippen molar-refractivity contribution >= 4 is 27.7 Å². The number of nitrogens with zero attached hydrogens (tertiary/aromatic N) is 1. The summed E-state index contributed by atoms with van der Waals surface area (Å²) in [5, 5.41) is 2.69. The van der Waals surface area contributed by atoms with Crippen molar-refractivity contribution in [2.24, 2.45) is 10.9 Å². The van der Waals surface area contributed by atoms with Gasteiger partial charge in [-0.05, 0) is 31.0 Å². The van der Waals surface area contributed by atoms with Gasteiger partial charge in [0.1, 0.15) is 12.4 Å². The lowest BCUT2D eigenvalue weighted by Gasteiger charge is -2.16. The second-order valence-electron chi connectivity index (χ2n) is 6.71. The number of esters is 1. The van der Waals surface area contributed by atoms with E-state index in [2.05, 4.69) is 15.0 Å². The van der Waals surface area contributed by atoms with Crippen LogP contribution in [-0.2, 0) is 30.8 Å². The number of nitrogens with one attached hydrogen (secondary N) is 2. The first-order valence-corrected chi connectivity index (χ1v) is 11.0. The molecule has 1 amide bonds. The Kier molecular flexibility index (Phi) is 6.83. The predicted molar refractivity (Wildman–Crippen MR) is 111 cm³/mol. The number of amides is 1. The molecule has 0 fully saturated rings. The molecule has 9 heteroatoms. The Balaban J connectivity index is 1.62. The van der Waals surface area contributed by atoms with E-state index in [-0.39, 0.29) is 36.4 Å². The highest BCUT2D eigenvalue weighted by Gasteiger charge is 2.30. The smallest absolute Gasteiger partial charge is 0.311 e. The highest BCUT2D eigenvalue weighted by molar-refractivity contribution is 7.90. The quantitative estimate of drug-likeness (QED) is 0.614. The van der Waals surface area contributed by atoms with Crippen LogP contribution in [0.5, 0.6) is 0 Å². The Morgan fingerprint density at radius 3 is 2.53 bits per heavy atom. The second-order valence-corrected chi connectivity index (χ2v) is 8.36. The van der Waals surface area contributed by atoms with Crippen molar-refractivity contribution in [3.8, 4) is 0 Å². The molecule has 30 heavy (non-hydrogen) atoms. The van der Waals surface area contributed by atoms with Gasteiger partial charge in [0.15, 0.2) is 0 Å². The lowest BCUT2D eigenvalue weighted by atomic mass is 9.99. The summed E-state index contributed by atoms with van der Waals surface area (Å²) in [6, 6.07) is 15.9. The molecule has 1 unspecified atom stereocenters. The fraction of sp³-hybridized carbons (Fsp3) is 0.286. The molecular weight excluding hydrogens is 406 g/mol. The SMILES string of the molecule is CCOC(=O)C(CNC(=O)CN=C1NS(=O)(=O)c2ccccc21)Cc1ccccc1. The van der Waals surface area contributed by atoms with Crippen molar-refractivity contribution < 1.29 is 22.7 Å². The van der Waals surface area contributed by atoms with Gasteiger partial charge in [-0.15, -0.1) is 0 Å². The van der Waals surface area contributed by atoms with Crippen LogP contribution in [0.2, 0.25) is 0 Å². The molecule has 0 saturated carbocycles. The summed E-state index contributed by atoms with van der Waals surface area (Å²) >= 11 is 0. The molecule has 0 spiro atoms. The van der Waals surface area contributed by atoms with E-state index in [1.54, 1.807) is 25.1 Å². The Morgan fingerprint density at radius 2 is 1.80 bits per heavy atom. The van der Waals surface area contributed by atoms with Gasteiger partial charge in [-0.3, -0.25) is 19.3 Å². The third-order valence-corrected chi connectivity index (χ3v) is 5.93. The standard InChI is InChI=1S/C21H23N3O5S/c1-2-29-21(26)16(12-15-8-4-3-5-9-15)13-22-19(25)14-23-20-17-10-6-7-11-18(17)30(27,28)24-20/h3-11,16H,2,12-14H2,1H3,(H,22,25)(H,23,24). The van der Waals surface area contributed by atoms with Crippen LogP contribution in [0.4, 0.5) is 0 Å². The highest BCUT2D eigenvalue weighted by atomic mass is 32.2. The van der Waals surface area contributed by atoms with Crippen molar-refractivity contribution in [3.63, 3.8) is 0 Å². The number of rotatable bonds is 8. The molecule has 0 aromatic heterocycles. The van der Waals surface area contributed by atoms with Crippen molar-refractivity contribution in [1.29, 1.82) is 0 Å². The summed E-state index contributed by atoms with van der Waals surface area (Å²) in [4.78, 5) is 28.8. The van der Waals surface area contributed by atoms with Crippen molar-refractivity contribution in [3.05, 3.63) is 65.7 Å². The Hall–Kier alpha value is -3.20. The maximum Gasteiger partial charge on any atom is 0.311 e. The van der Waals surface area contributed by atoms with Gasteiger partial charge in [-0.25, -0.2) is 8.42 Å². The zero-order chi connectivity index (χ0) is 21.6. The zero-order valence-electron chi connectivity index (χ0n) is 16.5. The number of hydrogen-bond donors (Lipinski definition) is 2. The number of carbonyl (C=O) groups is 2. The molecule has 3 rings (SSSR count). The van der Waals surface area contributed by atoms with E-state index in [1.807, 2.05) is 30.3 Å². The first kappa shape index (κ1) is 21.5. The highest BCUT2D eigenvalue weighted by Crippen LogP contribution is 2.22. The van der Waals surface area contributed by atoms with Crippen LogP contribution >= 0.6 is 0 Å². The normalized spacial score (nSPS) is 16.4. The van der Waals surface area contributed by atoms with Crippen LogP contribution < -0.4 is 10.0 Å². The number of ether oxygens (including phenoxy) is 1. The largest absolute Gasteiger partial charge is 0.466 e. The lowest BCUT2D eigenvalue weighted by molar-refractivity contribution is -0.147. The minimum atomic E-state index is -3.65. The van der Waals surface area contributed by atoms with Gasteiger partial charge in [-0.1, -0.05) is 42.5 Å². The molecule has 2 aromatic carbocycles. The number of aliphatic imine (C=N–C) groups is 1. The molecule has 0 radical (unpaired) electrons. The zero-order valence-corrected chi connectivity index (χ0v) is 17.3. The van der Waals surface area contributed by atoms with Crippen molar-refractivity contribution in [2.75, 3.05) is 19.7 Å². The molecule has 0 bridgehead atoms. The molecule has 1 heterocycles. The monoisotopic (exact) mass is 429 g/mol. The van der Waals surface area contributed by atoms with Gasteiger partial charge >= 0.3 is 5.97 Å². The molecule has 0 aliphatic carbocycles. The molecule has 2 N–H and O–H groups in total. The molecule has 8 nitrogen and oxygen atoms in total. The second kappa shape index (κ2) is 9.53. The van der Waals surface area contributed by atoms with Gasteiger partial charge in [0, 0.05) is 12.1 Å². The average molecular weight is 429 g/mol. The van der Waals surface area contributed by atoms with E-state index >= 15 is 0 Å². The number of hydrogen-bond acceptors (Lipinski definition) is 6. The summed E-state index contributed by atoms with van der Waals surface area (Å²) in [6.07, 6.45) is 0.432. The Bertz CT molecular complexity index is 1050. The number of fused-ring (bicyclic) bond motifs is 1. The molecular formula is C21H23N3O5S. The van der Waals surface area contributed by atoms with Gasteiger partial charge in [0.25, 0.3) is 10.0 Å². The van der Waals surface area contributed by atoms with E-state index in [4.69, 9.17) is 4.74 Å². The summed E-state index contributed by atoms with van der Waals surface area (Å²) < 4.78 is 31.6. The Morgan fingerprint density at radius 1 is 1.10 bits per heavy atom. The number of amidine groups is 1. The van der Waals surface area contributed by atoms with Gasteiger partial charge in [-0.2, -0.15) is 0 Å². The fourth-order valence-electron chi connectivity index (χ4n) is 3.09. The molecule has 1 aliphatic heterocycles. The fourth-order valence-corrected chi connectivity index (χ4v) is 4.34. The van der Waals surface area contributed by atoms with Crippen LogP contribution in [0.25, 0.3) is 0 Å². The maximum atomic E-state index is 12.3. The predicted octanol–water partition coefficient (Wildman–Crippen LogP) is 1.26. The minimum Gasteiger partial charge on any atom is -0.466 e. The topological polar surface area (TPSA) is 114 Å². The average Bonchev–Trinajstić information content (AvgIpc) is 3.01.